The highest BCUT2D eigenvalue weighted by atomic mass is 19.1. The molecule has 2 atom stereocenters. The van der Waals surface area contributed by atoms with Gasteiger partial charge in [0, 0.05) is 0 Å². The lowest BCUT2D eigenvalue weighted by molar-refractivity contribution is 0.256. The predicted octanol–water partition coefficient (Wildman–Crippen LogP) is 2.42. The highest BCUT2D eigenvalue weighted by Gasteiger charge is 2.32. The van der Waals surface area contributed by atoms with Crippen LogP contribution in [0.15, 0.2) is 18.2 Å². The molecule has 0 radical (unpaired) electrons. The van der Waals surface area contributed by atoms with Crippen LogP contribution < -0.4 is 5.73 Å². The number of rotatable bonds is 2. The van der Waals surface area contributed by atoms with Crippen molar-refractivity contribution in [3.05, 3.63) is 35.4 Å². The second kappa shape index (κ2) is 3.65. The minimum Gasteiger partial charge on any atom is -0.330 e. The Kier molecular flexibility index (Phi) is 2.50. The molecule has 0 aliphatic heterocycles. The van der Waals surface area contributed by atoms with Crippen LogP contribution in [-0.2, 0) is 0 Å². The van der Waals surface area contributed by atoms with Gasteiger partial charge in [0.05, 0.1) is 0 Å². The molecular weight excluding hydrogens is 184 g/mol. The van der Waals surface area contributed by atoms with Crippen molar-refractivity contribution in [3.63, 3.8) is 0 Å². The monoisotopic (exact) mass is 197 g/mol. The SMILES string of the molecule is NCC1CCC1c1cc(F)ccc1F. The van der Waals surface area contributed by atoms with Gasteiger partial charge in [-0.3, -0.25) is 0 Å². The van der Waals surface area contributed by atoms with Gasteiger partial charge in [-0.25, -0.2) is 8.78 Å². The summed E-state index contributed by atoms with van der Waals surface area (Å²) in [5.41, 5.74) is 6.03. The first-order valence-corrected chi connectivity index (χ1v) is 4.87. The van der Waals surface area contributed by atoms with E-state index in [1.807, 2.05) is 0 Å². The second-order valence-electron chi connectivity index (χ2n) is 3.85. The molecule has 1 aliphatic carbocycles. The summed E-state index contributed by atoms with van der Waals surface area (Å²) in [6, 6.07) is 3.63. The average Bonchev–Trinajstić information content (AvgIpc) is 2.10. The largest absolute Gasteiger partial charge is 0.330 e. The molecule has 0 saturated heterocycles. The molecule has 0 spiro atoms. The van der Waals surface area contributed by atoms with Crippen molar-refractivity contribution < 1.29 is 8.78 Å². The van der Waals surface area contributed by atoms with E-state index in [2.05, 4.69) is 0 Å². The summed E-state index contributed by atoms with van der Waals surface area (Å²) in [5.74, 6) is -0.236. The quantitative estimate of drug-likeness (QED) is 0.774. The molecule has 1 fully saturated rings. The van der Waals surface area contributed by atoms with Gasteiger partial charge in [-0.05, 0) is 55.0 Å². The molecule has 1 aliphatic rings. The maximum absolute atomic E-state index is 13.3. The molecule has 1 aromatic carbocycles. The normalized spacial score (nSPS) is 25.9. The number of halogens is 2. The van der Waals surface area contributed by atoms with Gasteiger partial charge in [0.2, 0.25) is 0 Å². The summed E-state index contributed by atoms with van der Waals surface area (Å²) in [6.07, 6.45) is 1.94. The van der Waals surface area contributed by atoms with Gasteiger partial charge in [0.25, 0.3) is 0 Å². The third kappa shape index (κ3) is 1.52. The Labute approximate surface area is 81.9 Å². The van der Waals surface area contributed by atoms with Crippen LogP contribution in [0.3, 0.4) is 0 Å². The van der Waals surface area contributed by atoms with Crippen LogP contribution >= 0.6 is 0 Å². The van der Waals surface area contributed by atoms with Crippen molar-refractivity contribution in [2.24, 2.45) is 11.7 Å². The maximum Gasteiger partial charge on any atom is 0.126 e. The van der Waals surface area contributed by atoms with Gasteiger partial charge in [-0.2, -0.15) is 0 Å². The molecule has 3 heteroatoms. The zero-order valence-corrected chi connectivity index (χ0v) is 7.84. The first-order chi connectivity index (χ1) is 6.72. The topological polar surface area (TPSA) is 26.0 Å². The zero-order valence-electron chi connectivity index (χ0n) is 7.84. The van der Waals surface area contributed by atoms with Crippen molar-refractivity contribution >= 4 is 0 Å². The van der Waals surface area contributed by atoms with Crippen LogP contribution in [0.4, 0.5) is 8.78 Å². The Morgan fingerprint density at radius 1 is 1.29 bits per heavy atom. The van der Waals surface area contributed by atoms with Crippen molar-refractivity contribution in [1.82, 2.24) is 0 Å². The minimum atomic E-state index is -0.371. The second-order valence-corrected chi connectivity index (χ2v) is 3.85. The summed E-state index contributed by atoms with van der Waals surface area (Å²) in [5, 5.41) is 0. The fraction of sp³-hybridized carbons (Fsp3) is 0.455. The lowest BCUT2D eigenvalue weighted by Crippen LogP contribution is -2.31. The van der Waals surface area contributed by atoms with E-state index in [-0.39, 0.29) is 17.6 Å². The van der Waals surface area contributed by atoms with Crippen molar-refractivity contribution in [3.8, 4) is 0 Å². The maximum atomic E-state index is 13.3. The summed E-state index contributed by atoms with van der Waals surface area (Å²) < 4.78 is 26.2. The molecule has 2 N–H and O–H groups in total. The minimum absolute atomic E-state index is 0.121. The van der Waals surface area contributed by atoms with Crippen molar-refractivity contribution in [2.75, 3.05) is 6.54 Å². The van der Waals surface area contributed by atoms with E-state index in [1.165, 1.54) is 12.1 Å². The fourth-order valence-electron chi connectivity index (χ4n) is 2.06. The number of hydrogen-bond donors (Lipinski definition) is 1. The molecular formula is C11H13F2N. The molecule has 14 heavy (non-hydrogen) atoms. The molecule has 0 bridgehead atoms. The van der Waals surface area contributed by atoms with Crippen LogP contribution in [0.25, 0.3) is 0 Å². The number of nitrogens with two attached hydrogens (primary N) is 1. The van der Waals surface area contributed by atoms with E-state index >= 15 is 0 Å². The molecule has 2 unspecified atom stereocenters. The Bertz CT molecular complexity index is 336. The molecule has 1 nitrogen and oxygen atoms in total. The van der Waals surface area contributed by atoms with Crippen molar-refractivity contribution in [2.45, 2.75) is 18.8 Å². The molecule has 0 aromatic heterocycles. The number of benzene rings is 1. The lowest BCUT2D eigenvalue weighted by atomic mass is 9.70. The third-order valence-electron chi connectivity index (χ3n) is 3.08. The first-order valence-electron chi connectivity index (χ1n) is 4.87. The van der Waals surface area contributed by atoms with Gasteiger partial charge < -0.3 is 5.73 Å². The van der Waals surface area contributed by atoms with Crippen molar-refractivity contribution in [1.29, 1.82) is 0 Å². The molecule has 1 saturated carbocycles. The van der Waals surface area contributed by atoms with Crippen LogP contribution in [0.2, 0.25) is 0 Å². The third-order valence-corrected chi connectivity index (χ3v) is 3.08. The van der Waals surface area contributed by atoms with E-state index in [4.69, 9.17) is 5.73 Å². The Morgan fingerprint density at radius 2 is 2.07 bits per heavy atom. The van der Waals surface area contributed by atoms with Crippen LogP contribution in [0, 0.1) is 17.6 Å². The smallest absolute Gasteiger partial charge is 0.126 e. The van der Waals surface area contributed by atoms with Gasteiger partial charge >= 0.3 is 0 Å². The molecule has 1 aromatic rings. The van der Waals surface area contributed by atoms with E-state index < -0.39 is 0 Å². The highest BCUT2D eigenvalue weighted by Crippen LogP contribution is 2.42. The van der Waals surface area contributed by atoms with E-state index in [9.17, 15) is 8.78 Å². The van der Waals surface area contributed by atoms with Crippen LogP contribution in [0.5, 0.6) is 0 Å². The summed E-state index contributed by atoms with van der Waals surface area (Å²) in [6.45, 7) is 0.556. The van der Waals surface area contributed by atoms with E-state index in [1.54, 1.807) is 0 Å². The molecule has 76 valence electrons. The predicted molar refractivity (Wildman–Crippen MR) is 50.9 cm³/mol. The summed E-state index contributed by atoms with van der Waals surface area (Å²) in [4.78, 5) is 0. The van der Waals surface area contributed by atoms with Gasteiger partial charge in [-0.1, -0.05) is 0 Å². The van der Waals surface area contributed by atoms with Gasteiger partial charge in [0.15, 0.2) is 0 Å². The lowest BCUT2D eigenvalue weighted by Gasteiger charge is -2.36. The standard InChI is InChI=1S/C11H13F2N/c12-8-2-4-11(13)10(5-8)9-3-1-7(9)6-14/h2,4-5,7,9H,1,3,6,14H2. The Morgan fingerprint density at radius 3 is 2.64 bits per heavy atom. The average molecular weight is 197 g/mol. The molecule has 2 rings (SSSR count). The van der Waals surface area contributed by atoms with E-state index in [0.717, 1.165) is 18.9 Å². The van der Waals surface area contributed by atoms with Gasteiger partial charge in [-0.15, -0.1) is 0 Å². The van der Waals surface area contributed by atoms with E-state index in [0.29, 0.717) is 18.0 Å². The van der Waals surface area contributed by atoms with Crippen LogP contribution in [-0.4, -0.2) is 6.54 Å². The molecule has 0 amide bonds. The summed E-state index contributed by atoms with van der Waals surface area (Å²) >= 11 is 0. The Hall–Kier alpha value is -0.960. The Balaban J connectivity index is 2.27. The molecule has 0 heterocycles. The zero-order chi connectivity index (χ0) is 10.1. The van der Waals surface area contributed by atoms with Gasteiger partial charge in [0.1, 0.15) is 11.6 Å². The van der Waals surface area contributed by atoms with Crippen LogP contribution in [0.1, 0.15) is 24.3 Å². The first kappa shape index (κ1) is 9.59. The number of hydrogen-bond acceptors (Lipinski definition) is 1. The highest BCUT2D eigenvalue weighted by molar-refractivity contribution is 5.25. The fourth-order valence-corrected chi connectivity index (χ4v) is 2.06. The summed E-state index contributed by atoms with van der Waals surface area (Å²) in [7, 11) is 0.